The van der Waals surface area contributed by atoms with Crippen LogP contribution < -0.4 is 0 Å². The molecule has 0 aromatic rings. The zero-order valence-corrected chi connectivity index (χ0v) is 12.0. The molecule has 0 aliphatic carbocycles. The van der Waals surface area contributed by atoms with Crippen molar-refractivity contribution in [3.05, 3.63) is 0 Å². The van der Waals surface area contributed by atoms with Crippen molar-refractivity contribution in [1.82, 2.24) is 0 Å². The number of hydrogen-bond donors (Lipinski definition) is 1. The van der Waals surface area contributed by atoms with Crippen LogP contribution >= 0.6 is 11.6 Å². The minimum absolute atomic E-state index is 0.0979. The lowest BCUT2D eigenvalue weighted by molar-refractivity contribution is -0.152. The molecule has 1 N–H and O–H groups in total. The molecule has 0 bridgehead atoms. The minimum atomic E-state index is -1.18. The summed E-state index contributed by atoms with van der Waals surface area (Å²) in [5, 5.41) is 8.46. The van der Waals surface area contributed by atoms with E-state index < -0.39 is 23.2 Å². The Hall–Kier alpha value is -0.770. The van der Waals surface area contributed by atoms with Crippen molar-refractivity contribution in [3.8, 4) is 0 Å². The van der Waals surface area contributed by atoms with E-state index in [0.29, 0.717) is 0 Å². The maximum absolute atomic E-state index is 11.2. The maximum atomic E-state index is 11.2. The smallest absolute Gasteiger partial charge is 0.317 e. The number of rotatable bonds is 10. The van der Waals surface area contributed by atoms with Gasteiger partial charge in [-0.3, -0.25) is 9.59 Å². The van der Waals surface area contributed by atoms with Crippen molar-refractivity contribution in [2.75, 3.05) is 6.61 Å². The van der Waals surface area contributed by atoms with Gasteiger partial charge in [0.1, 0.15) is 13.0 Å². The molecule has 0 saturated carbocycles. The fourth-order valence-electron chi connectivity index (χ4n) is 1.64. The van der Waals surface area contributed by atoms with Crippen LogP contribution in [-0.2, 0) is 14.3 Å². The van der Waals surface area contributed by atoms with E-state index >= 15 is 0 Å². The largest absolute Gasteiger partial charge is 0.481 e. The summed E-state index contributed by atoms with van der Waals surface area (Å²) in [5.74, 6) is -1.90. The molecule has 0 aliphatic rings. The Kier molecular flexibility index (Phi) is 8.81. The first-order chi connectivity index (χ1) is 8.43. The Morgan fingerprint density at radius 2 is 1.67 bits per heavy atom. The average Bonchev–Trinajstić information content (AvgIpc) is 2.31. The minimum Gasteiger partial charge on any atom is -0.481 e. The van der Waals surface area contributed by atoms with Gasteiger partial charge in [0.25, 0.3) is 0 Å². The maximum Gasteiger partial charge on any atom is 0.317 e. The van der Waals surface area contributed by atoms with Gasteiger partial charge < -0.3 is 9.84 Å². The van der Waals surface area contributed by atoms with Crippen LogP contribution in [0.4, 0.5) is 0 Å². The Bertz CT molecular complexity index is 258. The molecule has 0 amide bonds. The Balaban J connectivity index is 4.21. The van der Waals surface area contributed by atoms with Gasteiger partial charge in [-0.1, -0.05) is 39.5 Å². The summed E-state index contributed by atoms with van der Waals surface area (Å²) < 4.78 is 4.96. The summed E-state index contributed by atoms with van der Waals surface area (Å²) in [6.45, 7) is 4.25. The molecule has 0 heterocycles. The van der Waals surface area contributed by atoms with E-state index in [1.807, 2.05) is 0 Å². The van der Waals surface area contributed by atoms with Gasteiger partial charge in [0.15, 0.2) is 0 Å². The second-order valence-corrected chi connectivity index (χ2v) is 5.39. The van der Waals surface area contributed by atoms with Crippen LogP contribution in [0.5, 0.6) is 0 Å². The molecule has 0 aromatic heterocycles. The second kappa shape index (κ2) is 9.20. The monoisotopic (exact) mass is 278 g/mol. The lowest BCUT2D eigenvalue weighted by Gasteiger charge is -2.26. The summed E-state index contributed by atoms with van der Waals surface area (Å²) in [4.78, 5) is 21.0. The number of carbonyl (C=O) groups is 2. The standard InChI is InChI=1S/C13H23ClO4/c1-3-5-7-13(14,8-6-4-2)10-18-12(17)9-11(15)16/h3-10H2,1-2H3,(H,15,16). The number of carbonyl (C=O) groups excluding carboxylic acids is 1. The number of carboxylic acid groups (broad SMARTS) is 1. The molecule has 106 valence electrons. The van der Waals surface area contributed by atoms with Gasteiger partial charge in [-0.25, -0.2) is 0 Å². The molecular formula is C13H23ClO4. The van der Waals surface area contributed by atoms with Gasteiger partial charge in [-0.2, -0.15) is 0 Å². The molecule has 5 heteroatoms. The van der Waals surface area contributed by atoms with E-state index in [9.17, 15) is 9.59 Å². The lowest BCUT2D eigenvalue weighted by Crippen LogP contribution is -2.30. The summed E-state index contributed by atoms with van der Waals surface area (Å²) in [5.41, 5.74) is 0. The van der Waals surface area contributed by atoms with Gasteiger partial charge in [0.2, 0.25) is 0 Å². The number of unbranched alkanes of at least 4 members (excludes halogenated alkanes) is 2. The van der Waals surface area contributed by atoms with E-state index in [-0.39, 0.29) is 6.61 Å². The molecule has 0 fully saturated rings. The highest BCUT2D eigenvalue weighted by Gasteiger charge is 2.28. The van der Waals surface area contributed by atoms with Crippen LogP contribution in [-0.4, -0.2) is 28.5 Å². The van der Waals surface area contributed by atoms with Gasteiger partial charge in [-0.05, 0) is 12.8 Å². The number of aliphatic carboxylic acids is 1. The first kappa shape index (κ1) is 17.2. The molecule has 0 atom stereocenters. The molecule has 0 saturated heterocycles. The quantitative estimate of drug-likeness (QED) is 0.378. The van der Waals surface area contributed by atoms with E-state index in [2.05, 4.69) is 13.8 Å². The lowest BCUT2D eigenvalue weighted by atomic mass is 9.96. The molecule has 0 rings (SSSR count). The second-order valence-electron chi connectivity index (χ2n) is 4.59. The van der Waals surface area contributed by atoms with Crippen molar-refractivity contribution in [1.29, 1.82) is 0 Å². The Morgan fingerprint density at radius 3 is 2.06 bits per heavy atom. The molecular weight excluding hydrogens is 256 g/mol. The van der Waals surface area contributed by atoms with Crippen LogP contribution in [0.1, 0.15) is 58.8 Å². The van der Waals surface area contributed by atoms with Gasteiger partial charge in [-0.15, -0.1) is 11.6 Å². The Labute approximate surface area is 114 Å². The predicted molar refractivity (Wildman–Crippen MR) is 70.8 cm³/mol. The molecule has 0 spiro atoms. The van der Waals surface area contributed by atoms with Crippen molar-refractivity contribution >= 4 is 23.5 Å². The van der Waals surface area contributed by atoms with E-state index in [4.69, 9.17) is 21.4 Å². The van der Waals surface area contributed by atoms with Gasteiger partial charge in [0, 0.05) is 0 Å². The topological polar surface area (TPSA) is 63.6 Å². The number of alkyl halides is 1. The van der Waals surface area contributed by atoms with E-state index in [1.165, 1.54) is 0 Å². The van der Waals surface area contributed by atoms with E-state index in [0.717, 1.165) is 38.5 Å². The van der Waals surface area contributed by atoms with Crippen molar-refractivity contribution in [3.63, 3.8) is 0 Å². The fraction of sp³-hybridized carbons (Fsp3) is 0.846. The summed E-state index contributed by atoms with van der Waals surface area (Å²) in [6, 6.07) is 0. The number of hydrogen-bond acceptors (Lipinski definition) is 3. The normalized spacial score (nSPS) is 11.3. The summed E-state index contributed by atoms with van der Waals surface area (Å²) in [7, 11) is 0. The average molecular weight is 279 g/mol. The van der Waals surface area contributed by atoms with Gasteiger partial charge in [0.05, 0.1) is 4.87 Å². The number of esters is 1. The molecule has 18 heavy (non-hydrogen) atoms. The highest BCUT2D eigenvalue weighted by molar-refractivity contribution is 6.24. The zero-order chi connectivity index (χ0) is 14.0. The number of carboxylic acids is 1. The highest BCUT2D eigenvalue weighted by Crippen LogP contribution is 2.29. The number of ether oxygens (including phenoxy) is 1. The molecule has 4 nitrogen and oxygen atoms in total. The number of halogens is 1. The first-order valence-electron chi connectivity index (χ1n) is 6.50. The Morgan fingerprint density at radius 1 is 1.17 bits per heavy atom. The first-order valence-corrected chi connectivity index (χ1v) is 6.87. The third-order valence-corrected chi connectivity index (χ3v) is 3.23. The van der Waals surface area contributed by atoms with Crippen molar-refractivity contribution in [2.45, 2.75) is 63.7 Å². The van der Waals surface area contributed by atoms with Crippen molar-refractivity contribution < 1.29 is 19.4 Å². The summed E-state index contributed by atoms with van der Waals surface area (Å²) in [6.07, 6.45) is 4.98. The van der Waals surface area contributed by atoms with E-state index in [1.54, 1.807) is 0 Å². The third kappa shape index (κ3) is 8.34. The van der Waals surface area contributed by atoms with Crippen LogP contribution in [0.25, 0.3) is 0 Å². The third-order valence-electron chi connectivity index (χ3n) is 2.74. The van der Waals surface area contributed by atoms with Crippen molar-refractivity contribution in [2.24, 2.45) is 0 Å². The van der Waals surface area contributed by atoms with Crippen LogP contribution in [0.2, 0.25) is 0 Å². The van der Waals surface area contributed by atoms with Crippen LogP contribution in [0.3, 0.4) is 0 Å². The van der Waals surface area contributed by atoms with Gasteiger partial charge >= 0.3 is 11.9 Å². The van der Waals surface area contributed by atoms with Crippen LogP contribution in [0, 0.1) is 0 Å². The highest BCUT2D eigenvalue weighted by atomic mass is 35.5. The molecule has 0 aromatic carbocycles. The molecule has 0 unspecified atom stereocenters. The fourth-order valence-corrected chi connectivity index (χ4v) is 1.96. The molecule has 0 aliphatic heterocycles. The SMILES string of the molecule is CCCCC(Cl)(CCCC)COC(=O)CC(=O)O. The summed E-state index contributed by atoms with van der Waals surface area (Å²) >= 11 is 6.45. The molecule has 0 radical (unpaired) electrons. The predicted octanol–water partition coefficient (Wildman–Crippen LogP) is 3.36. The zero-order valence-electron chi connectivity index (χ0n) is 11.2. The van der Waals surface area contributed by atoms with Crippen LogP contribution in [0.15, 0.2) is 0 Å².